The van der Waals surface area contributed by atoms with Gasteiger partial charge in [0, 0.05) is 12.5 Å². The standard InChI is InChI=1S/C11H20N2O2/c1-3-7-12-10(14)8(2)13-11(15)9-5-4-6-9/h8-9H,3-7H2,1-2H3,(H,12,14)(H,13,15). The Bertz CT molecular complexity index is 237. The maximum atomic E-state index is 11.5. The molecule has 0 aromatic rings. The molecule has 1 saturated carbocycles. The van der Waals surface area contributed by atoms with Gasteiger partial charge < -0.3 is 10.6 Å². The third-order valence-electron chi connectivity index (χ3n) is 2.78. The third-order valence-corrected chi connectivity index (χ3v) is 2.78. The van der Waals surface area contributed by atoms with Crippen molar-refractivity contribution in [2.24, 2.45) is 5.92 Å². The van der Waals surface area contributed by atoms with Gasteiger partial charge in [0.2, 0.25) is 11.8 Å². The molecule has 86 valence electrons. The van der Waals surface area contributed by atoms with E-state index >= 15 is 0 Å². The number of hydrogen-bond acceptors (Lipinski definition) is 2. The van der Waals surface area contributed by atoms with Gasteiger partial charge in [0.1, 0.15) is 6.04 Å². The molecular formula is C11H20N2O2. The van der Waals surface area contributed by atoms with Gasteiger partial charge in [0.25, 0.3) is 0 Å². The number of rotatable bonds is 5. The molecule has 1 atom stereocenters. The molecule has 1 fully saturated rings. The summed E-state index contributed by atoms with van der Waals surface area (Å²) in [4.78, 5) is 23.0. The second-order valence-electron chi connectivity index (χ2n) is 4.15. The average molecular weight is 212 g/mol. The highest BCUT2D eigenvalue weighted by molar-refractivity contribution is 5.88. The molecule has 0 radical (unpaired) electrons. The van der Waals surface area contributed by atoms with Gasteiger partial charge in [-0.15, -0.1) is 0 Å². The third kappa shape index (κ3) is 3.53. The zero-order chi connectivity index (χ0) is 11.3. The Labute approximate surface area is 90.8 Å². The van der Waals surface area contributed by atoms with Crippen LogP contribution < -0.4 is 10.6 Å². The van der Waals surface area contributed by atoms with Gasteiger partial charge in [-0.05, 0) is 26.2 Å². The molecule has 4 nitrogen and oxygen atoms in total. The topological polar surface area (TPSA) is 58.2 Å². The van der Waals surface area contributed by atoms with Crippen LogP contribution in [0, 0.1) is 5.92 Å². The second-order valence-corrected chi connectivity index (χ2v) is 4.15. The molecule has 4 heteroatoms. The van der Waals surface area contributed by atoms with Crippen molar-refractivity contribution in [2.75, 3.05) is 6.54 Å². The fraction of sp³-hybridized carbons (Fsp3) is 0.818. The minimum atomic E-state index is -0.412. The molecular weight excluding hydrogens is 192 g/mol. The van der Waals surface area contributed by atoms with Gasteiger partial charge in [0.15, 0.2) is 0 Å². The van der Waals surface area contributed by atoms with Gasteiger partial charge in [-0.25, -0.2) is 0 Å². The van der Waals surface area contributed by atoms with Crippen molar-refractivity contribution in [2.45, 2.75) is 45.6 Å². The molecule has 0 aromatic heterocycles. The highest BCUT2D eigenvalue weighted by Crippen LogP contribution is 2.26. The van der Waals surface area contributed by atoms with Gasteiger partial charge >= 0.3 is 0 Å². The molecule has 2 amide bonds. The van der Waals surface area contributed by atoms with E-state index in [4.69, 9.17) is 0 Å². The molecule has 0 aliphatic heterocycles. The van der Waals surface area contributed by atoms with E-state index < -0.39 is 6.04 Å². The van der Waals surface area contributed by atoms with Crippen molar-refractivity contribution in [3.05, 3.63) is 0 Å². The van der Waals surface area contributed by atoms with E-state index in [1.54, 1.807) is 6.92 Å². The molecule has 1 rings (SSSR count). The largest absolute Gasteiger partial charge is 0.354 e. The minimum Gasteiger partial charge on any atom is -0.354 e. The zero-order valence-electron chi connectivity index (χ0n) is 9.51. The lowest BCUT2D eigenvalue weighted by atomic mass is 9.84. The van der Waals surface area contributed by atoms with E-state index in [-0.39, 0.29) is 17.7 Å². The fourth-order valence-electron chi connectivity index (χ4n) is 1.47. The van der Waals surface area contributed by atoms with Crippen LogP contribution in [0.15, 0.2) is 0 Å². The summed E-state index contributed by atoms with van der Waals surface area (Å²) in [6.07, 6.45) is 3.98. The maximum absolute atomic E-state index is 11.5. The molecule has 2 N–H and O–H groups in total. The normalized spacial score (nSPS) is 17.7. The van der Waals surface area contributed by atoms with Crippen LogP contribution >= 0.6 is 0 Å². The van der Waals surface area contributed by atoms with E-state index in [0.29, 0.717) is 6.54 Å². The summed E-state index contributed by atoms with van der Waals surface area (Å²) in [5.74, 6) is 0.0800. The highest BCUT2D eigenvalue weighted by atomic mass is 16.2. The quantitative estimate of drug-likeness (QED) is 0.708. The lowest BCUT2D eigenvalue weighted by Crippen LogP contribution is -2.47. The summed E-state index contributed by atoms with van der Waals surface area (Å²) >= 11 is 0. The summed E-state index contributed by atoms with van der Waals surface area (Å²) in [5, 5.41) is 5.50. The molecule has 15 heavy (non-hydrogen) atoms. The number of carbonyl (C=O) groups is 2. The van der Waals surface area contributed by atoms with Crippen molar-refractivity contribution in [1.29, 1.82) is 0 Å². The Morgan fingerprint density at radius 3 is 2.53 bits per heavy atom. The number of amides is 2. The first-order chi connectivity index (χ1) is 7.15. The van der Waals surface area contributed by atoms with E-state index in [1.807, 2.05) is 6.92 Å². The monoisotopic (exact) mass is 212 g/mol. The molecule has 0 heterocycles. The van der Waals surface area contributed by atoms with Crippen molar-refractivity contribution in [3.63, 3.8) is 0 Å². The molecule has 0 saturated heterocycles. The van der Waals surface area contributed by atoms with Crippen LogP contribution in [0.5, 0.6) is 0 Å². The summed E-state index contributed by atoms with van der Waals surface area (Å²) in [6, 6.07) is -0.412. The van der Waals surface area contributed by atoms with Gasteiger partial charge in [-0.1, -0.05) is 13.3 Å². The average Bonchev–Trinajstić information content (AvgIpc) is 2.10. The zero-order valence-corrected chi connectivity index (χ0v) is 9.51. The lowest BCUT2D eigenvalue weighted by molar-refractivity contribution is -0.132. The highest BCUT2D eigenvalue weighted by Gasteiger charge is 2.27. The van der Waals surface area contributed by atoms with Crippen LogP contribution in [0.25, 0.3) is 0 Å². The first-order valence-corrected chi connectivity index (χ1v) is 5.73. The molecule has 1 aliphatic carbocycles. The van der Waals surface area contributed by atoms with Crippen LogP contribution in [0.2, 0.25) is 0 Å². The van der Waals surface area contributed by atoms with Crippen molar-refractivity contribution in [3.8, 4) is 0 Å². The van der Waals surface area contributed by atoms with E-state index in [9.17, 15) is 9.59 Å². The minimum absolute atomic E-state index is 0.0281. The summed E-state index contributed by atoms with van der Waals surface area (Å²) in [5.41, 5.74) is 0. The second kappa shape index (κ2) is 5.73. The SMILES string of the molecule is CCCNC(=O)C(C)NC(=O)C1CCC1. The van der Waals surface area contributed by atoms with Crippen molar-refractivity contribution >= 4 is 11.8 Å². The Balaban J connectivity index is 2.24. The van der Waals surface area contributed by atoms with Crippen LogP contribution in [-0.2, 0) is 9.59 Å². The maximum Gasteiger partial charge on any atom is 0.242 e. The molecule has 1 aliphatic rings. The Morgan fingerprint density at radius 2 is 2.07 bits per heavy atom. The molecule has 1 unspecified atom stereocenters. The summed E-state index contributed by atoms with van der Waals surface area (Å²) in [6.45, 7) is 4.39. The number of nitrogens with one attached hydrogen (secondary N) is 2. The Morgan fingerprint density at radius 1 is 1.40 bits per heavy atom. The number of hydrogen-bond donors (Lipinski definition) is 2. The van der Waals surface area contributed by atoms with Crippen molar-refractivity contribution < 1.29 is 9.59 Å². The number of carbonyl (C=O) groups excluding carboxylic acids is 2. The van der Waals surface area contributed by atoms with E-state index in [0.717, 1.165) is 25.7 Å². The van der Waals surface area contributed by atoms with Crippen LogP contribution in [0.3, 0.4) is 0 Å². The van der Waals surface area contributed by atoms with E-state index in [2.05, 4.69) is 10.6 Å². The van der Waals surface area contributed by atoms with Crippen LogP contribution in [-0.4, -0.2) is 24.4 Å². The predicted molar refractivity (Wildman–Crippen MR) is 58.2 cm³/mol. The van der Waals surface area contributed by atoms with Gasteiger partial charge in [0.05, 0.1) is 0 Å². The Kier molecular flexibility index (Phi) is 4.59. The van der Waals surface area contributed by atoms with Crippen molar-refractivity contribution in [1.82, 2.24) is 10.6 Å². The van der Waals surface area contributed by atoms with E-state index in [1.165, 1.54) is 0 Å². The lowest BCUT2D eigenvalue weighted by Gasteiger charge is -2.25. The predicted octanol–water partition coefficient (Wildman–Crippen LogP) is 0.817. The first kappa shape index (κ1) is 12.0. The first-order valence-electron chi connectivity index (χ1n) is 5.73. The molecule has 0 aromatic carbocycles. The van der Waals surface area contributed by atoms with Crippen LogP contribution in [0.4, 0.5) is 0 Å². The van der Waals surface area contributed by atoms with Gasteiger partial charge in [-0.2, -0.15) is 0 Å². The summed E-state index contributed by atoms with van der Waals surface area (Å²) < 4.78 is 0. The fourth-order valence-corrected chi connectivity index (χ4v) is 1.47. The Hall–Kier alpha value is -1.06. The summed E-state index contributed by atoms with van der Waals surface area (Å²) in [7, 11) is 0. The smallest absolute Gasteiger partial charge is 0.242 e. The van der Waals surface area contributed by atoms with Gasteiger partial charge in [-0.3, -0.25) is 9.59 Å². The van der Waals surface area contributed by atoms with Crippen LogP contribution in [0.1, 0.15) is 39.5 Å². The molecule has 0 bridgehead atoms. The molecule has 0 spiro atoms.